The zero-order valence-electron chi connectivity index (χ0n) is 19.3. The van der Waals surface area contributed by atoms with E-state index in [0.717, 1.165) is 54.1 Å². The predicted octanol–water partition coefficient (Wildman–Crippen LogP) is 6.04. The van der Waals surface area contributed by atoms with Crippen molar-refractivity contribution in [1.82, 2.24) is 10.3 Å². The molecule has 30 heavy (non-hydrogen) atoms. The van der Waals surface area contributed by atoms with E-state index in [9.17, 15) is 4.79 Å². The Morgan fingerprint density at radius 3 is 2.67 bits per heavy atom. The van der Waals surface area contributed by atoms with Crippen LogP contribution in [0.5, 0.6) is 0 Å². The van der Waals surface area contributed by atoms with Crippen LogP contribution in [-0.4, -0.2) is 24.0 Å². The average molecular weight is 406 g/mol. The first-order chi connectivity index (χ1) is 14.2. The largest absolute Gasteiger partial charge is 0.356 e. The van der Waals surface area contributed by atoms with E-state index in [1.807, 2.05) is 33.0 Å². The molecule has 160 valence electrons. The zero-order chi connectivity index (χ0) is 21.9. The highest BCUT2D eigenvalue weighted by molar-refractivity contribution is 6.02. The molecule has 1 aliphatic rings. The third-order valence-electron chi connectivity index (χ3n) is 6.26. The molecule has 1 fully saturated rings. The Balaban J connectivity index is 2.10. The van der Waals surface area contributed by atoms with Gasteiger partial charge in [0.25, 0.3) is 5.91 Å². The number of carbonyl (C=O) groups is 1. The molecular formula is C26H35N3O. The number of hydrogen-bond donors (Lipinski definition) is 1. The van der Waals surface area contributed by atoms with Gasteiger partial charge in [0, 0.05) is 30.5 Å². The summed E-state index contributed by atoms with van der Waals surface area (Å²) in [6.07, 6.45) is 7.27. The van der Waals surface area contributed by atoms with E-state index < -0.39 is 0 Å². The van der Waals surface area contributed by atoms with Crippen LogP contribution in [0.4, 0.5) is 5.82 Å². The molecular weight excluding hydrogens is 370 g/mol. The molecule has 0 aliphatic carbocycles. The summed E-state index contributed by atoms with van der Waals surface area (Å²) >= 11 is 0. The summed E-state index contributed by atoms with van der Waals surface area (Å²) in [5, 5.41) is 3.04. The Labute approximate surface area is 181 Å². The zero-order valence-corrected chi connectivity index (χ0v) is 19.3. The summed E-state index contributed by atoms with van der Waals surface area (Å²) in [4.78, 5) is 20.5. The average Bonchev–Trinajstić information content (AvgIpc) is 2.87. The van der Waals surface area contributed by atoms with E-state index in [2.05, 4.69) is 55.3 Å². The molecule has 0 atom stereocenters. The first-order valence-corrected chi connectivity index (χ1v) is 11.0. The Bertz CT molecular complexity index is 959. The molecule has 1 aromatic carbocycles. The summed E-state index contributed by atoms with van der Waals surface area (Å²) in [6, 6.07) is 8.38. The number of amides is 1. The minimum Gasteiger partial charge on any atom is -0.356 e. The number of hydrogen-bond acceptors (Lipinski definition) is 3. The Kier molecular flexibility index (Phi) is 6.64. The van der Waals surface area contributed by atoms with Crippen LogP contribution >= 0.6 is 0 Å². The van der Waals surface area contributed by atoms with Crippen LogP contribution in [-0.2, 0) is 0 Å². The Morgan fingerprint density at radius 2 is 1.97 bits per heavy atom. The Morgan fingerprint density at radius 1 is 1.20 bits per heavy atom. The van der Waals surface area contributed by atoms with Gasteiger partial charge in [0.15, 0.2) is 0 Å². The number of anilines is 1. The van der Waals surface area contributed by atoms with Crippen LogP contribution in [0.3, 0.4) is 0 Å². The van der Waals surface area contributed by atoms with Gasteiger partial charge in [0.05, 0.1) is 5.56 Å². The van der Waals surface area contributed by atoms with Crippen LogP contribution in [0.1, 0.15) is 68.4 Å². The van der Waals surface area contributed by atoms with Gasteiger partial charge in [-0.3, -0.25) is 4.79 Å². The third kappa shape index (κ3) is 4.92. The highest BCUT2D eigenvalue weighted by Crippen LogP contribution is 2.35. The minimum absolute atomic E-state index is 0.0800. The second-order valence-corrected chi connectivity index (χ2v) is 9.30. The van der Waals surface area contributed by atoms with Crippen molar-refractivity contribution in [3.63, 3.8) is 0 Å². The maximum Gasteiger partial charge on any atom is 0.259 e. The quantitative estimate of drug-likeness (QED) is 0.675. The summed E-state index contributed by atoms with van der Waals surface area (Å²) < 4.78 is 0. The van der Waals surface area contributed by atoms with Crippen molar-refractivity contribution in [1.29, 1.82) is 0 Å². The SMILES string of the molecule is C/C=C(\C)NC(=O)c1c(N2CCCC(C)(C)CC2)ncc(-c2cccc(C)c2)c1C. The maximum atomic E-state index is 13.3. The molecule has 1 amide bonds. The van der Waals surface area contributed by atoms with E-state index in [4.69, 9.17) is 4.98 Å². The van der Waals surface area contributed by atoms with Crippen LogP contribution in [0.25, 0.3) is 11.1 Å². The van der Waals surface area contributed by atoms with Gasteiger partial charge in [-0.2, -0.15) is 0 Å². The van der Waals surface area contributed by atoms with Crippen LogP contribution < -0.4 is 10.2 Å². The molecule has 1 saturated heterocycles. The number of benzene rings is 1. The molecule has 1 N–H and O–H groups in total. The van der Waals surface area contributed by atoms with Crippen molar-refractivity contribution < 1.29 is 4.79 Å². The molecule has 3 rings (SSSR count). The van der Waals surface area contributed by atoms with Gasteiger partial charge in [0.2, 0.25) is 0 Å². The molecule has 1 aromatic heterocycles. The van der Waals surface area contributed by atoms with Gasteiger partial charge in [-0.15, -0.1) is 0 Å². The van der Waals surface area contributed by atoms with Gasteiger partial charge in [0.1, 0.15) is 5.82 Å². The van der Waals surface area contributed by atoms with E-state index in [1.54, 1.807) is 0 Å². The van der Waals surface area contributed by atoms with Crippen molar-refractivity contribution in [2.24, 2.45) is 5.41 Å². The summed E-state index contributed by atoms with van der Waals surface area (Å²) in [6.45, 7) is 14.5. The lowest BCUT2D eigenvalue weighted by Gasteiger charge is -2.27. The van der Waals surface area contributed by atoms with Gasteiger partial charge in [-0.1, -0.05) is 49.8 Å². The lowest BCUT2D eigenvalue weighted by molar-refractivity contribution is 0.0965. The number of nitrogens with zero attached hydrogens (tertiary/aromatic N) is 2. The predicted molar refractivity (Wildman–Crippen MR) is 126 cm³/mol. The minimum atomic E-state index is -0.0800. The van der Waals surface area contributed by atoms with E-state index in [0.29, 0.717) is 11.0 Å². The molecule has 4 nitrogen and oxygen atoms in total. The van der Waals surface area contributed by atoms with E-state index in [-0.39, 0.29) is 5.91 Å². The van der Waals surface area contributed by atoms with Gasteiger partial charge < -0.3 is 10.2 Å². The van der Waals surface area contributed by atoms with Crippen molar-refractivity contribution in [3.05, 3.63) is 58.9 Å². The second-order valence-electron chi connectivity index (χ2n) is 9.30. The molecule has 0 spiro atoms. The molecule has 0 saturated carbocycles. The van der Waals surface area contributed by atoms with E-state index >= 15 is 0 Å². The molecule has 0 radical (unpaired) electrons. The van der Waals surface area contributed by atoms with Crippen LogP contribution in [0.15, 0.2) is 42.2 Å². The van der Waals surface area contributed by atoms with Crippen molar-refractivity contribution in [2.45, 2.75) is 60.8 Å². The summed E-state index contributed by atoms with van der Waals surface area (Å²) in [5.41, 5.74) is 6.16. The fraction of sp³-hybridized carbons (Fsp3) is 0.462. The lowest BCUT2D eigenvalue weighted by Crippen LogP contribution is -2.31. The van der Waals surface area contributed by atoms with Crippen molar-refractivity contribution in [2.75, 3.05) is 18.0 Å². The fourth-order valence-electron chi connectivity index (χ4n) is 4.15. The topological polar surface area (TPSA) is 45.2 Å². The molecule has 0 unspecified atom stereocenters. The molecule has 2 heterocycles. The number of pyridine rings is 1. The van der Waals surface area contributed by atoms with Gasteiger partial charge in [-0.05, 0) is 63.5 Å². The van der Waals surface area contributed by atoms with Crippen molar-refractivity contribution in [3.8, 4) is 11.1 Å². The molecule has 1 aliphatic heterocycles. The monoisotopic (exact) mass is 405 g/mol. The normalized spacial score (nSPS) is 16.9. The Hall–Kier alpha value is -2.62. The lowest BCUT2D eigenvalue weighted by atomic mass is 9.85. The molecule has 0 bridgehead atoms. The number of nitrogens with one attached hydrogen (secondary N) is 1. The van der Waals surface area contributed by atoms with E-state index in [1.165, 1.54) is 12.0 Å². The van der Waals surface area contributed by atoms with Gasteiger partial charge >= 0.3 is 0 Å². The number of allylic oxidation sites excluding steroid dienone is 2. The third-order valence-corrected chi connectivity index (χ3v) is 6.26. The first kappa shape index (κ1) is 22.1. The fourth-order valence-corrected chi connectivity index (χ4v) is 4.15. The first-order valence-electron chi connectivity index (χ1n) is 11.0. The smallest absolute Gasteiger partial charge is 0.259 e. The number of aryl methyl sites for hydroxylation is 1. The number of carbonyl (C=O) groups excluding carboxylic acids is 1. The van der Waals surface area contributed by atoms with Crippen molar-refractivity contribution >= 4 is 11.7 Å². The summed E-state index contributed by atoms with van der Waals surface area (Å²) in [7, 11) is 0. The summed E-state index contributed by atoms with van der Waals surface area (Å²) in [5.74, 6) is 0.728. The van der Waals surface area contributed by atoms with Gasteiger partial charge in [-0.25, -0.2) is 4.98 Å². The maximum absolute atomic E-state index is 13.3. The molecule has 2 aromatic rings. The van der Waals surface area contributed by atoms with Crippen LogP contribution in [0.2, 0.25) is 0 Å². The standard InChI is InChI=1S/C26H35N3O/c1-7-19(3)28-25(30)23-20(4)22(21-11-8-10-18(2)16-21)17-27-24(23)29-14-9-12-26(5,6)13-15-29/h7-8,10-11,16-17H,9,12-15H2,1-6H3,(H,28,30)/b19-7+. The highest BCUT2D eigenvalue weighted by atomic mass is 16.1. The second kappa shape index (κ2) is 9.03. The van der Waals surface area contributed by atoms with Crippen LogP contribution in [0, 0.1) is 19.3 Å². The highest BCUT2D eigenvalue weighted by Gasteiger charge is 2.28. The number of aromatic nitrogens is 1. The number of rotatable bonds is 4. The molecule has 4 heteroatoms.